The Morgan fingerprint density at radius 1 is 1.08 bits per heavy atom. The minimum absolute atomic E-state index is 0.0366. The summed E-state index contributed by atoms with van der Waals surface area (Å²) >= 11 is 0. The number of amides is 1. The fraction of sp³-hybridized carbons (Fsp3) is 0.381. The van der Waals surface area contributed by atoms with Crippen LogP contribution < -0.4 is 14.8 Å². The van der Waals surface area contributed by atoms with Gasteiger partial charge in [-0.2, -0.15) is 0 Å². The molecule has 0 aliphatic carbocycles. The summed E-state index contributed by atoms with van der Waals surface area (Å²) in [6.07, 6.45) is 1.13. The highest BCUT2D eigenvalue weighted by molar-refractivity contribution is 5.76. The smallest absolute Gasteiger partial charge is 0.220 e. The summed E-state index contributed by atoms with van der Waals surface area (Å²) in [5.74, 6) is 1.68. The molecule has 2 aromatic carbocycles. The van der Waals surface area contributed by atoms with Crippen LogP contribution in [0.1, 0.15) is 23.6 Å². The molecule has 0 radical (unpaired) electrons. The minimum Gasteiger partial charge on any atom is -0.497 e. The first kappa shape index (κ1) is 19.8. The van der Waals surface area contributed by atoms with Crippen LogP contribution >= 0.6 is 0 Å². The van der Waals surface area contributed by atoms with Gasteiger partial charge in [-0.25, -0.2) is 0 Å². The van der Waals surface area contributed by atoms with Crippen LogP contribution in [-0.4, -0.2) is 45.7 Å². The number of benzene rings is 2. The van der Waals surface area contributed by atoms with Gasteiger partial charge in [0.2, 0.25) is 5.91 Å². The molecule has 0 aliphatic heterocycles. The first-order valence-electron chi connectivity index (χ1n) is 8.74. The molecule has 5 heteroatoms. The van der Waals surface area contributed by atoms with Crippen molar-refractivity contribution in [2.75, 3.05) is 34.9 Å². The monoisotopic (exact) mass is 356 g/mol. The van der Waals surface area contributed by atoms with Gasteiger partial charge in [0, 0.05) is 18.5 Å². The van der Waals surface area contributed by atoms with E-state index in [1.165, 1.54) is 0 Å². The fourth-order valence-electron chi connectivity index (χ4n) is 2.90. The molecule has 1 unspecified atom stereocenters. The van der Waals surface area contributed by atoms with E-state index in [-0.39, 0.29) is 11.9 Å². The van der Waals surface area contributed by atoms with Crippen molar-refractivity contribution in [2.45, 2.75) is 18.9 Å². The molecule has 1 amide bonds. The van der Waals surface area contributed by atoms with E-state index in [0.29, 0.717) is 19.4 Å². The Morgan fingerprint density at radius 2 is 1.85 bits per heavy atom. The Morgan fingerprint density at radius 3 is 2.54 bits per heavy atom. The van der Waals surface area contributed by atoms with E-state index in [2.05, 4.69) is 10.2 Å². The predicted molar refractivity (Wildman–Crippen MR) is 104 cm³/mol. The van der Waals surface area contributed by atoms with Gasteiger partial charge in [-0.3, -0.25) is 4.79 Å². The van der Waals surface area contributed by atoms with Gasteiger partial charge >= 0.3 is 0 Å². The van der Waals surface area contributed by atoms with Gasteiger partial charge < -0.3 is 19.7 Å². The summed E-state index contributed by atoms with van der Waals surface area (Å²) in [7, 11) is 7.31. The minimum atomic E-state index is 0.0366. The van der Waals surface area contributed by atoms with Crippen molar-refractivity contribution in [1.29, 1.82) is 0 Å². The van der Waals surface area contributed by atoms with E-state index in [0.717, 1.165) is 22.6 Å². The van der Waals surface area contributed by atoms with E-state index >= 15 is 0 Å². The Kier molecular flexibility index (Phi) is 7.48. The zero-order valence-electron chi connectivity index (χ0n) is 16.0. The quantitative estimate of drug-likeness (QED) is 0.750. The molecule has 140 valence electrons. The highest BCUT2D eigenvalue weighted by Gasteiger charge is 2.18. The summed E-state index contributed by atoms with van der Waals surface area (Å²) in [5, 5.41) is 3.05. The second-order valence-electron chi connectivity index (χ2n) is 6.38. The molecule has 0 spiro atoms. The van der Waals surface area contributed by atoms with E-state index < -0.39 is 0 Å². The maximum absolute atomic E-state index is 12.3. The van der Waals surface area contributed by atoms with Gasteiger partial charge in [-0.1, -0.05) is 30.3 Å². The lowest BCUT2D eigenvalue weighted by Crippen LogP contribution is -2.34. The molecule has 0 saturated heterocycles. The van der Waals surface area contributed by atoms with E-state index in [4.69, 9.17) is 9.47 Å². The number of nitrogens with zero attached hydrogens (tertiary/aromatic N) is 1. The second kappa shape index (κ2) is 9.82. The van der Waals surface area contributed by atoms with Crippen LogP contribution in [-0.2, 0) is 11.2 Å². The van der Waals surface area contributed by atoms with Gasteiger partial charge in [0.15, 0.2) is 0 Å². The molecule has 0 bridgehead atoms. The third-order valence-electron chi connectivity index (χ3n) is 4.39. The largest absolute Gasteiger partial charge is 0.497 e. The Labute approximate surface area is 155 Å². The first-order valence-corrected chi connectivity index (χ1v) is 8.74. The van der Waals surface area contributed by atoms with Crippen molar-refractivity contribution < 1.29 is 14.3 Å². The van der Waals surface area contributed by atoms with Crippen molar-refractivity contribution in [1.82, 2.24) is 10.2 Å². The number of carbonyl (C=O) groups is 1. The maximum Gasteiger partial charge on any atom is 0.220 e. The second-order valence-corrected chi connectivity index (χ2v) is 6.38. The highest BCUT2D eigenvalue weighted by Crippen LogP contribution is 2.27. The summed E-state index contributed by atoms with van der Waals surface area (Å²) in [6, 6.07) is 15.8. The number of nitrogens with one attached hydrogen (secondary N) is 1. The molecule has 0 heterocycles. The van der Waals surface area contributed by atoms with E-state index in [1.807, 2.05) is 62.6 Å². The van der Waals surface area contributed by atoms with Gasteiger partial charge in [0.25, 0.3) is 0 Å². The highest BCUT2D eigenvalue weighted by atomic mass is 16.5. The molecule has 5 nitrogen and oxygen atoms in total. The molecule has 0 aromatic heterocycles. The lowest BCUT2D eigenvalue weighted by atomic mass is 10.0. The zero-order chi connectivity index (χ0) is 18.9. The number of carbonyl (C=O) groups excluding carboxylic acids is 1. The molecule has 0 aliphatic rings. The Balaban J connectivity index is 1.93. The maximum atomic E-state index is 12.3. The van der Waals surface area contributed by atoms with Crippen molar-refractivity contribution in [2.24, 2.45) is 0 Å². The third-order valence-corrected chi connectivity index (χ3v) is 4.39. The SMILES string of the molecule is COc1cccc(CCC(=O)NCC(c2ccccc2OC)N(C)C)c1. The first-order chi connectivity index (χ1) is 12.5. The van der Waals surface area contributed by atoms with Crippen LogP contribution in [0.4, 0.5) is 0 Å². The Bertz CT molecular complexity index is 716. The Hall–Kier alpha value is -2.53. The standard InChI is InChI=1S/C21H28N2O3/c1-23(2)19(18-10-5-6-11-20(18)26-4)15-22-21(24)13-12-16-8-7-9-17(14-16)25-3/h5-11,14,19H,12-13,15H2,1-4H3,(H,22,24). The molecule has 0 fully saturated rings. The molecular weight excluding hydrogens is 328 g/mol. The number of rotatable bonds is 9. The van der Waals surface area contributed by atoms with Crippen LogP contribution in [0, 0.1) is 0 Å². The average molecular weight is 356 g/mol. The van der Waals surface area contributed by atoms with Crippen molar-refractivity contribution in [3.05, 3.63) is 59.7 Å². The van der Waals surface area contributed by atoms with Gasteiger partial charge in [0.1, 0.15) is 11.5 Å². The van der Waals surface area contributed by atoms with Crippen molar-refractivity contribution >= 4 is 5.91 Å². The van der Waals surface area contributed by atoms with Crippen LogP contribution in [0.3, 0.4) is 0 Å². The predicted octanol–water partition coefficient (Wildman–Crippen LogP) is 3.06. The zero-order valence-corrected chi connectivity index (χ0v) is 16.0. The number of aryl methyl sites for hydroxylation is 1. The summed E-state index contributed by atoms with van der Waals surface area (Å²) in [4.78, 5) is 14.4. The summed E-state index contributed by atoms with van der Waals surface area (Å²) < 4.78 is 10.7. The van der Waals surface area contributed by atoms with Crippen LogP contribution in [0.15, 0.2) is 48.5 Å². The number of hydrogen-bond acceptors (Lipinski definition) is 4. The molecule has 2 rings (SSSR count). The number of ether oxygens (including phenoxy) is 2. The molecule has 1 atom stereocenters. The van der Waals surface area contributed by atoms with Gasteiger partial charge in [-0.15, -0.1) is 0 Å². The molecule has 26 heavy (non-hydrogen) atoms. The molecule has 2 aromatic rings. The fourth-order valence-corrected chi connectivity index (χ4v) is 2.90. The van der Waals surface area contributed by atoms with Crippen molar-refractivity contribution in [3.63, 3.8) is 0 Å². The summed E-state index contributed by atoms with van der Waals surface area (Å²) in [6.45, 7) is 0.532. The third kappa shape index (κ3) is 5.49. The van der Waals surface area contributed by atoms with Gasteiger partial charge in [-0.05, 0) is 44.3 Å². The number of likely N-dealkylation sites (N-methyl/N-ethyl adjacent to an activating group) is 1. The topological polar surface area (TPSA) is 50.8 Å². The number of methoxy groups -OCH3 is 2. The van der Waals surface area contributed by atoms with E-state index in [9.17, 15) is 4.79 Å². The van der Waals surface area contributed by atoms with Gasteiger partial charge in [0.05, 0.1) is 20.3 Å². The lowest BCUT2D eigenvalue weighted by Gasteiger charge is -2.26. The molecular formula is C21H28N2O3. The number of hydrogen-bond donors (Lipinski definition) is 1. The van der Waals surface area contributed by atoms with Crippen LogP contribution in [0.2, 0.25) is 0 Å². The van der Waals surface area contributed by atoms with Crippen LogP contribution in [0.25, 0.3) is 0 Å². The average Bonchev–Trinajstić information content (AvgIpc) is 2.66. The van der Waals surface area contributed by atoms with Crippen molar-refractivity contribution in [3.8, 4) is 11.5 Å². The number of para-hydroxylation sites is 1. The molecule has 1 N–H and O–H groups in total. The normalized spacial score (nSPS) is 11.9. The lowest BCUT2D eigenvalue weighted by molar-refractivity contribution is -0.121. The molecule has 0 saturated carbocycles. The van der Waals surface area contributed by atoms with E-state index in [1.54, 1.807) is 14.2 Å². The van der Waals surface area contributed by atoms with Crippen LogP contribution in [0.5, 0.6) is 11.5 Å². The summed E-state index contributed by atoms with van der Waals surface area (Å²) in [5.41, 5.74) is 2.15.